The molecule has 0 radical (unpaired) electrons. The molecule has 7 heteroatoms. The van der Waals surface area contributed by atoms with Gasteiger partial charge in [0.1, 0.15) is 0 Å². The lowest BCUT2D eigenvalue weighted by molar-refractivity contribution is 0.183. The Balaban J connectivity index is 2.56. The van der Waals surface area contributed by atoms with Crippen molar-refractivity contribution in [2.45, 2.75) is 11.7 Å². The van der Waals surface area contributed by atoms with Crippen molar-refractivity contribution in [2.75, 3.05) is 26.1 Å². The number of thioether (sulfide) groups is 1. The molecule has 5 nitrogen and oxygen atoms in total. The monoisotopic (exact) mass is 358 g/mol. The molecule has 1 aromatic heterocycles. The number of aliphatic hydroxyl groups excluding tert-OH is 1. The maximum Gasteiger partial charge on any atom is 0.262 e. The molecule has 0 saturated carbocycles. The van der Waals surface area contributed by atoms with Gasteiger partial charge in [0.2, 0.25) is 0 Å². The zero-order valence-corrected chi connectivity index (χ0v) is 13.4. The molecule has 0 amide bonds. The summed E-state index contributed by atoms with van der Waals surface area (Å²) in [5.41, 5.74) is 0.570. The Morgan fingerprint density at radius 3 is 3.00 bits per heavy atom. The van der Waals surface area contributed by atoms with E-state index in [4.69, 9.17) is 9.84 Å². The number of halogens is 1. The van der Waals surface area contributed by atoms with E-state index in [1.807, 2.05) is 12.1 Å². The molecule has 0 atom stereocenters. The molecule has 0 unspecified atom stereocenters. The molecule has 0 aliphatic heterocycles. The first-order valence-electron chi connectivity index (χ1n) is 6.10. The Labute approximate surface area is 129 Å². The molecule has 20 heavy (non-hydrogen) atoms. The molecular formula is C13H15BrN2O3S. The van der Waals surface area contributed by atoms with Gasteiger partial charge in [-0.1, -0.05) is 27.7 Å². The van der Waals surface area contributed by atoms with Crippen LogP contribution in [-0.2, 0) is 11.3 Å². The Morgan fingerprint density at radius 1 is 1.50 bits per heavy atom. The number of benzene rings is 1. The number of fused-ring (bicyclic) bond motifs is 1. The van der Waals surface area contributed by atoms with E-state index in [1.54, 1.807) is 17.7 Å². The number of nitrogens with zero attached hydrogens (tertiary/aromatic N) is 2. The van der Waals surface area contributed by atoms with Crippen LogP contribution in [0.1, 0.15) is 0 Å². The van der Waals surface area contributed by atoms with Gasteiger partial charge >= 0.3 is 0 Å². The van der Waals surface area contributed by atoms with Crippen molar-refractivity contribution in [1.29, 1.82) is 0 Å². The Morgan fingerprint density at radius 2 is 2.30 bits per heavy atom. The van der Waals surface area contributed by atoms with Crippen LogP contribution < -0.4 is 5.56 Å². The number of hydrogen-bond acceptors (Lipinski definition) is 5. The van der Waals surface area contributed by atoms with Crippen molar-refractivity contribution < 1.29 is 9.84 Å². The lowest BCUT2D eigenvalue weighted by Gasteiger charge is -2.12. The van der Waals surface area contributed by atoms with Crippen molar-refractivity contribution in [3.63, 3.8) is 0 Å². The lowest BCUT2D eigenvalue weighted by atomic mass is 10.2. The number of ether oxygens (including phenoxy) is 1. The molecule has 2 aromatic rings. The maximum absolute atomic E-state index is 12.5. The Bertz CT molecular complexity index is 660. The van der Waals surface area contributed by atoms with Gasteiger partial charge in [-0.25, -0.2) is 4.98 Å². The average molecular weight is 359 g/mol. The smallest absolute Gasteiger partial charge is 0.262 e. The molecule has 0 fully saturated rings. The van der Waals surface area contributed by atoms with E-state index < -0.39 is 0 Å². The summed E-state index contributed by atoms with van der Waals surface area (Å²) in [7, 11) is 1.59. The normalized spacial score (nSPS) is 11.2. The summed E-state index contributed by atoms with van der Waals surface area (Å²) >= 11 is 4.73. The van der Waals surface area contributed by atoms with Gasteiger partial charge in [0.25, 0.3) is 5.56 Å². The fraction of sp³-hybridized carbons (Fsp3) is 0.385. The van der Waals surface area contributed by atoms with Crippen molar-refractivity contribution in [2.24, 2.45) is 0 Å². The van der Waals surface area contributed by atoms with Crippen molar-refractivity contribution in [3.8, 4) is 0 Å². The van der Waals surface area contributed by atoms with Crippen LogP contribution in [0.4, 0.5) is 0 Å². The topological polar surface area (TPSA) is 64.3 Å². The fourth-order valence-electron chi connectivity index (χ4n) is 1.80. The van der Waals surface area contributed by atoms with Crippen LogP contribution in [0.15, 0.2) is 32.6 Å². The molecule has 0 aliphatic carbocycles. The molecule has 108 valence electrons. The molecular weight excluding hydrogens is 344 g/mol. The molecule has 0 bridgehead atoms. The van der Waals surface area contributed by atoms with Gasteiger partial charge in [0.05, 0.1) is 30.7 Å². The summed E-state index contributed by atoms with van der Waals surface area (Å²) < 4.78 is 7.48. The summed E-state index contributed by atoms with van der Waals surface area (Å²) in [6, 6.07) is 5.44. The number of hydrogen-bond donors (Lipinski definition) is 1. The number of aliphatic hydroxyl groups is 1. The number of methoxy groups -OCH3 is 1. The minimum Gasteiger partial charge on any atom is -0.396 e. The van der Waals surface area contributed by atoms with Gasteiger partial charge in [0, 0.05) is 17.3 Å². The largest absolute Gasteiger partial charge is 0.396 e. The molecule has 0 saturated heterocycles. The average Bonchev–Trinajstić information content (AvgIpc) is 2.45. The fourth-order valence-corrected chi connectivity index (χ4v) is 2.93. The second kappa shape index (κ2) is 7.21. The quantitative estimate of drug-likeness (QED) is 0.630. The van der Waals surface area contributed by atoms with Crippen LogP contribution in [-0.4, -0.2) is 40.7 Å². The van der Waals surface area contributed by atoms with Gasteiger partial charge in [-0.05, 0) is 18.2 Å². The van der Waals surface area contributed by atoms with E-state index in [2.05, 4.69) is 20.9 Å². The van der Waals surface area contributed by atoms with Gasteiger partial charge in [-0.3, -0.25) is 9.36 Å². The highest BCUT2D eigenvalue weighted by molar-refractivity contribution is 9.10. The molecule has 1 aromatic carbocycles. The van der Waals surface area contributed by atoms with Gasteiger partial charge < -0.3 is 9.84 Å². The number of aromatic nitrogens is 2. The molecule has 2 rings (SSSR count). The highest BCUT2D eigenvalue weighted by Gasteiger charge is 2.11. The minimum absolute atomic E-state index is 0.0448. The third kappa shape index (κ3) is 3.41. The first-order valence-corrected chi connectivity index (χ1v) is 7.88. The lowest BCUT2D eigenvalue weighted by Crippen LogP contribution is -2.25. The van der Waals surface area contributed by atoms with E-state index in [9.17, 15) is 4.79 Å². The van der Waals surface area contributed by atoms with Crippen molar-refractivity contribution in [3.05, 3.63) is 33.0 Å². The summed E-state index contributed by atoms with van der Waals surface area (Å²) in [5, 5.41) is 10.1. The number of rotatable bonds is 6. The van der Waals surface area contributed by atoms with Crippen LogP contribution in [0.3, 0.4) is 0 Å². The summed E-state index contributed by atoms with van der Waals surface area (Å²) in [5.74, 6) is 0.501. The van der Waals surface area contributed by atoms with Crippen molar-refractivity contribution >= 4 is 38.6 Å². The van der Waals surface area contributed by atoms with Crippen LogP contribution in [0.25, 0.3) is 10.9 Å². The zero-order valence-electron chi connectivity index (χ0n) is 11.0. The summed E-state index contributed by atoms with van der Waals surface area (Å²) in [6.45, 7) is 0.926. The van der Waals surface area contributed by atoms with Crippen LogP contribution in [0.5, 0.6) is 0 Å². The Kier molecular flexibility index (Phi) is 5.59. The minimum atomic E-state index is -0.0891. The molecule has 1 heterocycles. The van der Waals surface area contributed by atoms with E-state index >= 15 is 0 Å². The third-order valence-electron chi connectivity index (χ3n) is 2.72. The predicted octanol–water partition coefficient (Wildman–Crippen LogP) is 1.89. The van der Waals surface area contributed by atoms with Crippen molar-refractivity contribution in [1.82, 2.24) is 9.55 Å². The first kappa shape index (κ1) is 15.5. The van der Waals surface area contributed by atoms with Crippen LogP contribution >= 0.6 is 27.7 Å². The predicted molar refractivity (Wildman–Crippen MR) is 83.4 cm³/mol. The van der Waals surface area contributed by atoms with Crippen LogP contribution in [0.2, 0.25) is 0 Å². The second-order valence-electron chi connectivity index (χ2n) is 4.08. The SMILES string of the molecule is COCCn1c(SCCO)nc2ccc(Br)cc2c1=O. The molecule has 0 spiro atoms. The van der Waals surface area contributed by atoms with Gasteiger partial charge in [0.15, 0.2) is 5.16 Å². The van der Waals surface area contributed by atoms with E-state index in [0.29, 0.717) is 35.0 Å². The molecule has 1 N–H and O–H groups in total. The summed E-state index contributed by atoms with van der Waals surface area (Å²) in [4.78, 5) is 17.0. The van der Waals surface area contributed by atoms with Gasteiger partial charge in [-0.15, -0.1) is 0 Å². The van der Waals surface area contributed by atoms with Gasteiger partial charge in [-0.2, -0.15) is 0 Å². The van der Waals surface area contributed by atoms with E-state index in [-0.39, 0.29) is 12.2 Å². The standard InChI is InChI=1S/C13H15BrN2O3S/c1-19-6-4-16-12(18)10-8-9(14)2-3-11(10)15-13(16)20-7-5-17/h2-3,8,17H,4-7H2,1H3. The highest BCUT2D eigenvalue weighted by atomic mass is 79.9. The zero-order chi connectivity index (χ0) is 14.5. The highest BCUT2D eigenvalue weighted by Crippen LogP contribution is 2.20. The Hall–Kier alpha value is -0.890. The van der Waals surface area contributed by atoms with E-state index in [0.717, 1.165) is 4.47 Å². The second-order valence-corrected chi connectivity index (χ2v) is 6.06. The maximum atomic E-state index is 12.5. The first-order chi connectivity index (χ1) is 9.67. The molecule has 0 aliphatic rings. The van der Waals surface area contributed by atoms with E-state index in [1.165, 1.54) is 11.8 Å². The summed E-state index contributed by atoms with van der Waals surface area (Å²) in [6.07, 6.45) is 0. The van der Waals surface area contributed by atoms with Crippen LogP contribution in [0, 0.1) is 0 Å². The third-order valence-corrected chi connectivity index (χ3v) is 4.17.